The first-order valence-electron chi connectivity index (χ1n) is 15.8. The first-order valence-corrected chi connectivity index (χ1v) is 15.8. The van der Waals surface area contributed by atoms with Crippen molar-refractivity contribution in [2.24, 2.45) is 11.0 Å². The summed E-state index contributed by atoms with van der Waals surface area (Å²) in [5.74, 6) is 1.67. The van der Waals surface area contributed by atoms with E-state index in [1.165, 1.54) is 12.7 Å². The first kappa shape index (κ1) is 30.8. The van der Waals surface area contributed by atoms with E-state index in [9.17, 15) is 9.18 Å². The highest BCUT2D eigenvalue weighted by molar-refractivity contribution is 6.08. The van der Waals surface area contributed by atoms with Crippen LogP contribution in [0.25, 0.3) is 6.08 Å². The third-order valence-electron chi connectivity index (χ3n) is 9.90. The van der Waals surface area contributed by atoms with Crippen molar-refractivity contribution in [1.82, 2.24) is 9.91 Å². The van der Waals surface area contributed by atoms with Gasteiger partial charge in [0.1, 0.15) is 11.5 Å². The zero-order valence-electron chi connectivity index (χ0n) is 26.7. The Labute approximate surface area is 265 Å². The van der Waals surface area contributed by atoms with E-state index in [4.69, 9.17) is 19.3 Å². The number of methoxy groups -OCH3 is 3. The average molecular weight is 612 g/mol. The Morgan fingerprint density at radius 3 is 2.22 bits per heavy atom. The Morgan fingerprint density at radius 2 is 1.58 bits per heavy atom. The molecule has 3 aromatic rings. The van der Waals surface area contributed by atoms with Crippen molar-refractivity contribution in [2.75, 3.05) is 27.9 Å². The molecule has 45 heavy (non-hydrogen) atoms. The molecule has 236 valence electrons. The molecule has 1 saturated heterocycles. The predicted octanol–water partition coefficient (Wildman–Crippen LogP) is 7.24. The van der Waals surface area contributed by atoms with Gasteiger partial charge in [0, 0.05) is 17.9 Å². The van der Waals surface area contributed by atoms with E-state index >= 15 is 0 Å². The van der Waals surface area contributed by atoms with Crippen LogP contribution in [0.4, 0.5) is 4.39 Å². The molecule has 0 N–H and O–H groups in total. The topological polar surface area (TPSA) is 63.6 Å². The molecule has 1 aliphatic carbocycles. The lowest BCUT2D eigenvalue weighted by molar-refractivity contribution is -0.139. The van der Waals surface area contributed by atoms with Crippen LogP contribution in [0.1, 0.15) is 68.2 Å². The van der Waals surface area contributed by atoms with Crippen molar-refractivity contribution < 1.29 is 23.4 Å². The summed E-state index contributed by atoms with van der Waals surface area (Å²) < 4.78 is 30.5. The lowest BCUT2D eigenvalue weighted by atomic mass is 9.77. The van der Waals surface area contributed by atoms with Crippen LogP contribution in [-0.4, -0.2) is 61.5 Å². The summed E-state index contributed by atoms with van der Waals surface area (Å²) in [4.78, 5) is 16.7. The predicted molar refractivity (Wildman–Crippen MR) is 174 cm³/mol. The standard InChI is InChI=1S/C37H42FN3O4/c1-23-31(27-13-18-34(45-5)33(38)22-27)19-20-40(23)24(2)37(42)41-36(26-11-16-30(44-4)17-12-26)32-8-6-7-28(35(32)39-41)21-25-9-14-29(43-3)15-10-25/h9-18,21-24,31-32,36H,6-8,19-20H2,1-5H3/b28-21-. The van der Waals surface area contributed by atoms with E-state index in [1.807, 2.05) is 37.3 Å². The Balaban J connectivity index is 1.30. The summed E-state index contributed by atoms with van der Waals surface area (Å²) in [5.41, 5.74) is 5.24. The Kier molecular flexibility index (Phi) is 8.95. The number of nitrogens with zero attached hydrogens (tertiary/aromatic N) is 3. The van der Waals surface area contributed by atoms with E-state index in [1.54, 1.807) is 31.4 Å². The number of ether oxygens (including phenoxy) is 3. The maximum absolute atomic E-state index is 14.6. The summed E-state index contributed by atoms with van der Waals surface area (Å²) in [6.07, 6.45) is 5.95. The molecule has 2 fully saturated rings. The van der Waals surface area contributed by atoms with Crippen LogP contribution in [0.5, 0.6) is 17.2 Å². The summed E-state index contributed by atoms with van der Waals surface area (Å²) in [6.45, 7) is 4.86. The third-order valence-corrected chi connectivity index (χ3v) is 9.90. The highest BCUT2D eigenvalue weighted by Crippen LogP contribution is 2.46. The van der Waals surface area contributed by atoms with Gasteiger partial charge in [-0.05, 0) is 111 Å². The number of rotatable bonds is 8. The molecule has 1 amide bonds. The van der Waals surface area contributed by atoms with Gasteiger partial charge in [-0.2, -0.15) is 5.10 Å². The lowest BCUT2D eigenvalue weighted by Gasteiger charge is -2.34. The van der Waals surface area contributed by atoms with E-state index < -0.39 is 6.04 Å². The fourth-order valence-electron chi connectivity index (χ4n) is 7.42. The highest BCUT2D eigenvalue weighted by atomic mass is 19.1. The maximum Gasteiger partial charge on any atom is 0.260 e. The minimum Gasteiger partial charge on any atom is -0.497 e. The molecule has 8 heteroatoms. The molecular formula is C37H42FN3O4. The largest absolute Gasteiger partial charge is 0.497 e. The number of allylic oxidation sites excluding steroid dienone is 1. The Morgan fingerprint density at radius 1 is 0.911 bits per heavy atom. The van der Waals surface area contributed by atoms with E-state index in [0.717, 1.165) is 66.1 Å². The molecule has 3 aromatic carbocycles. The third kappa shape index (κ3) is 5.96. The molecule has 5 unspecified atom stereocenters. The number of benzene rings is 3. The van der Waals surface area contributed by atoms with Gasteiger partial charge in [0.05, 0.1) is 39.1 Å². The van der Waals surface area contributed by atoms with E-state index in [-0.39, 0.29) is 41.4 Å². The van der Waals surface area contributed by atoms with Crippen LogP contribution in [0.15, 0.2) is 77.4 Å². The monoisotopic (exact) mass is 611 g/mol. The van der Waals surface area contributed by atoms with Crippen LogP contribution in [0, 0.1) is 11.7 Å². The molecule has 0 bridgehead atoms. The summed E-state index contributed by atoms with van der Waals surface area (Å²) in [7, 11) is 4.80. The molecule has 6 rings (SSSR count). The molecule has 1 saturated carbocycles. The second kappa shape index (κ2) is 13.1. The maximum atomic E-state index is 14.6. The van der Waals surface area contributed by atoms with Gasteiger partial charge in [0.15, 0.2) is 11.6 Å². The number of hydrogen-bond acceptors (Lipinski definition) is 6. The molecule has 0 aromatic heterocycles. The zero-order valence-corrected chi connectivity index (χ0v) is 26.7. The normalized spacial score (nSPS) is 24.7. The van der Waals surface area contributed by atoms with Crippen LogP contribution in [0.2, 0.25) is 0 Å². The van der Waals surface area contributed by atoms with Crippen LogP contribution in [-0.2, 0) is 4.79 Å². The second-order valence-electron chi connectivity index (χ2n) is 12.3. The van der Waals surface area contributed by atoms with Gasteiger partial charge in [-0.1, -0.05) is 30.3 Å². The fourth-order valence-corrected chi connectivity index (χ4v) is 7.42. The van der Waals surface area contributed by atoms with E-state index in [2.05, 4.69) is 42.2 Å². The molecule has 7 nitrogen and oxygen atoms in total. The van der Waals surface area contributed by atoms with E-state index in [0.29, 0.717) is 0 Å². The number of hydrazone groups is 1. The quantitative estimate of drug-likeness (QED) is 0.269. The van der Waals surface area contributed by atoms with Crippen LogP contribution in [0.3, 0.4) is 0 Å². The molecule has 0 radical (unpaired) electrons. The van der Waals surface area contributed by atoms with Gasteiger partial charge in [-0.15, -0.1) is 0 Å². The highest BCUT2D eigenvalue weighted by Gasteiger charge is 2.46. The molecule has 3 aliphatic rings. The SMILES string of the molecule is COc1ccc(/C=C2/CCCC3C2=NN(C(=O)C(C)N2CCC(c4ccc(OC)c(F)c4)C2C)C3c2ccc(OC)cc2)cc1. The Hall–Kier alpha value is -4.17. The number of likely N-dealkylation sites (tertiary alicyclic amines) is 1. The van der Waals surface area contributed by atoms with Crippen molar-refractivity contribution >= 4 is 17.7 Å². The van der Waals surface area contributed by atoms with Crippen molar-refractivity contribution in [3.8, 4) is 17.2 Å². The number of halogens is 1. The van der Waals surface area contributed by atoms with Crippen molar-refractivity contribution in [3.63, 3.8) is 0 Å². The van der Waals surface area contributed by atoms with Gasteiger partial charge in [0.25, 0.3) is 5.91 Å². The smallest absolute Gasteiger partial charge is 0.260 e. The first-order chi connectivity index (χ1) is 21.8. The van der Waals surface area contributed by atoms with Crippen molar-refractivity contribution in [1.29, 1.82) is 0 Å². The number of amides is 1. The average Bonchev–Trinajstić information content (AvgIpc) is 3.65. The minimum atomic E-state index is -0.396. The number of fused-ring (bicyclic) bond motifs is 1. The van der Waals surface area contributed by atoms with Gasteiger partial charge >= 0.3 is 0 Å². The van der Waals surface area contributed by atoms with Gasteiger partial charge in [-0.3, -0.25) is 9.69 Å². The minimum absolute atomic E-state index is 0.0186. The summed E-state index contributed by atoms with van der Waals surface area (Å²) in [6, 6.07) is 20.7. The second-order valence-corrected chi connectivity index (χ2v) is 12.3. The van der Waals surface area contributed by atoms with Gasteiger partial charge in [0.2, 0.25) is 0 Å². The molecular weight excluding hydrogens is 569 g/mol. The number of carbonyl (C=O) groups excluding carboxylic acids is 1. The number of carbonyl (C=O) groups is 1. The Bertz CT molecular complexity index is 1590. The van der Waals surface area contributed by atoms with Crippen LogP contribution < -0.4 is 14.2 Å². The zero-order chi connectivity index (χ0) is 31.7. The molecule has 0 spiro atoms. The lowest BCUT2D eigenvalue weighted by Crippen LogP contribution is -2.48. The summed E-state index contributed by atoms with van der Waals surface area (Å²) >= 11 is 0. The number of hydrogen-bond donors (Lipinski definition) is 0. The fraction of sp³-hybridized carbons (Fsp3) is 0.405. The molecule has 2 heterocycles. The molecule has 2 aliphatic heterocycles. The van der Waals surface area contributed by atoms with Crippen molar-refractivity contribution in [2.45, 2.75) is 63.6 Å². The van der Waals surface area contributed by atoms with Gasteiger partial charge < -0.3 is 14.2 Å². The molecule has 5 atom stereocenters. The summed E-state index contributed by atoms with van der Waals surface area (Å²) in [5, 5.41) is 6.89. The van der Waals surface area contributed by atoms with Crippen molar-refractivity contribution in [3.05, 3.63) is 94.8 Å². The van der Waals surface area contributed by atoms with Gasteiger partial charge in [-0.25, -0.2) is 9.40 Å². The van der Waals surface area contributed by atoms with Crippen LogP contribution >= 0.6 is 0 Å².